The van der Waals surface area contributed by atoms with Gasteiger partial charge in [0.2, 0.25) is 5.91 Å². The molecule has 4 rings (SSSR count). The summed E-state index contributed by atoms with van der Waals surface area (Å²) in [6.07, 6.45) is 5.36. The highest BCUT2D eigenvalue weighted by molar-refractivity contribution is 6.42. The number of hydrogen-bond donors (Lipinski definition) is 1. The Bertz CT molecular complexity index is 801. The molecule has 0 spiro atoms. The van der Waals surface area contributed by atoms with Crippen LogP contribution in [0.15, 0.2) is 24.5 Å². The Hall–Kier alpha value is -1.56. The first-order chi connectivity index (χ1) is 12.6. The largest absolute Gasteiger partial charge is 0.348 e. The Labute approximate surface area is 163 Å². The minimum atomic E-state index is 0.0124. The lowest BCUT2D eigenvalue weighted by Crippen LogP contribution is -2.45. The van der Waals surface area contributed by atoms with Crippen LogP contribution in [-0.4, -0.2) is 51.9 Å². The van der Waals surface area contributed by atoms with Crippen LogP contribution in [0.3, 0.4) is 0 Å². The molecule has 0 unspecified atom stereocenters. The van der Waals surface area contributed by atoms with E-state index in [2.05, 4.69) is 14.9 Å². The normalized spacial score (nSPS) is 20.4. The first-order valence-corrected chi connectivity index (χ1v) is 9.85. The van der Waals surface area contributed by atoms with Gasteiger partial charge in [-0.1, -0.05) is 29.3 Å². The van der Waals surface area contributed by atoms with Crippen molar-refractivity contribution in [2.75, 3.05) is 26.2 Å². The van der Waals surface area contributed by atoms with Crippen molar-refractivity contribution in [3.8, 4) is 0 Å². The molecule has 2 aliphatic rings. The average Bonchev–Trinajstić information content (AvgIpc) is 3.29. The van der Waals surface area contributed by atoms with Crippen molar-refractivity contribution in [1.82, 2.24) is 19.8 Å². The zero-order valence-corrected chi connectivity index (χ0v) is 16.1. The quantitative estimate of drug-likeness (QED) is 0.866. The average molecular weight is 393 g/mol. The minimum Gasteiger partial charge on any atom is -0.348 e. The fourth-order valence-electron chi connectivity index (χ4n) is 3.97. The Balaban J connectivity index is 1.54. The number of benzene rings is 1. The molecule has 0 aliphatic carbocycles. The summed E-state index contributed by atoms with van der Waals surface area (Å²) in [6.45, 7) is 3.77. The molecule has 5 nitrogen and oxygen atoms in total. The van der Waals surface area contributed by atoms with Crippen molar-refractivity contribution < 1.29 is 4.79 Å². The summed E-state index contributed by atoms with van der Waals surface area (Å²) in [6, 6.07) is 5.40. The predicted molar refractivity (Wildman–Crippen MR) is 103 cm³/mol. The van der Waals surface area contributed by atoms with Gasteiger partial charge in [-0.15, -0.1) is 0 Å². The van der Waals surface area contributed by atoms with Crippen LogP contribution >= 0.6 is 23.2 Å². The summed E-state index contributed by atoms with van der Waals surface area (Å²) in [5.74, 6) is 0.112. The van der Waals surface area contributed by atoms with E-state index in [1.54, 1.807) is 18.5 Å². The molecule has 1 amide bonds. The number of aromatic nitrogens is 2. The van der Waals surface area contributed by atoms with Gasteiger partial charge >= 0.3 is 0 Å². The number of imidazole rings is 1. The molecular weight excluding hydrogens is 371 g/mol. The van der Waals surface area contributed by atoms with Crippen LogP contribution in [-0.2, 0) is 17.6 Å². The zero-order valence-electron chi connectivity index (χ0n) is 14.5. The molecule has 1 N–H and O–H groups in total. The first kappa shape index (κ1) is 17.8. The summed E-state index contributed by atoms with van der Waals surface area (Å²) < 4.78 is 0. The van der Waals surface area contributed by atoms with Gasteiger partial charge in [-0.2, -0.15) is 0 Å². The number of aromatic amines is 1. The molecule has 1 aromatic carbocycles. The van der Waals surface area contributed by atoms with Crippen molar-refractivity contribution in [3.63, 3.8) is 0 Å². The summed E-state index contributed by atoms with van der Waals surface area (Å²) in [4.78, 5) is 25.3. The van der Waals surface area contributed by atoms with Gasteiger partial charge in [-0.05, 0) is 43.6 Å². The molecule has 3 heterocycles. The number of likely N-dealkylation sites (tertiary alicyclic amines) is 1. The lowest BCUT2D eigenvalue weighted by Gasteiger charge is -2.37. The molecule has 1 saturated heterocycles. The second-order valence-corrected chi connectivity index (χ2v) is 7.87. The van der Waals surface area contributed by atoms with E-state index in [1.807, 2.05) is 11.0 Å². The maximum absolute atomic E-state index is 13.1. The number of halogens is 2. The lowest BCUT2D eigenvalue weighted by molar-refractivity contribution is -0.134. The number of nitrogens with zero attached hydrogens (tertiary/aromatic N) is 3. The lowest BCUT2D eigenvalue weighted by atomic mass is 10.0. The third kappa shape index (κ3) is 3.61. The predicted octanol–water partition coefficient (Wildman–Crippen LogP) is 3.48. The SMILES string of the molecule is O=C(Cc1ccc(Cl)c(Cl)c1)N1CCc2[nH]cnc2[C@@H]1CN1CCCC1. The summed E-state index contributed by atoms with van der Waals surface area (Å²) in [5.41, 5.74) is 3.07. The van der Waals surface area contributed by atoms with E-state index in [0.717, 1.165) is 43.0 Å². The van der Waals surface area contributed by atoms with E-state index in [-0.39, 0.29) is 11.9 Å². The Morgan fingerprint density at radius 2 is 2.00 bits per heavy atom. The van der Waals surface area contributed by atoms with Gasteiger partial charge < -0.3 is 14.8 Å². The molecule has 0 saturated carbocycles. The fraction of sp³-hybridized carbons (Fsp3) is 0.474. The number of carbonyl (C=O) groups is 1. The Morgan fingerprint density at radius 1 is 1.19 bits per heavy atom. The maximum atomic E-state index is 13.1. The van der Waals surface area contributed by atoms with Gasteiger partial charge in [0.05, 0.1) is 34.5 Å². The fourth-order valence-corrected chi connectivity index (χ4v) is 4.29. The molecule has 2 aliphatic heterocycles. The van der Waals surface area contributed by atoms with Crippen molar-refractivity contribution in [3.05, 3.63) is 51.5 Å². The molecule has 2 aromatic rings. The van der Waals surface area contributed by atoms with Crippen LogP contribution in [0.1, 0.15) is 35.8 Å². The van der Waals surface area contributed by atoms with E-state index in [1.165, 1.54) is 12.8 Å². The van der Waals surface area contributed by atoms with Gasteiger partial charge in [-0.3, -0.25) is 4.79 Å². The standard InChI is InChI=1S/C19H22Cl2N4O/c20-14-4-3-13(9-15(14)21)10-18(26)25-8-5-16-19(23-12-22-16)17(25)11-24-6-1-2-7-24/h3-4,9,12,17H,1-2,5-8,10-11H2,(H,22,23)/t17-/m0/s1. The van der Waals surface area contributed by atoms with Crippen LogP contribution in [0.2, 0.25) is 10.0 Å². The van der Waals surface area contributed by atoms with Crippen LogP contribution in [0, 0.1) is 0 Å². The van der Waals surface area contributed by atoms with E-state index >= 15 is 0 Å². The monoisotopic (exact) mass is 392 g/mol. The topological polar surface area (TPSA) is 52.2 Å². The molecule has 0 radical (unpaired) electrons. The Kier molecular flexibility index (Phi) is 5.20. The zero-order chi connectivity index (χ0) is 18.1. The van der Waals surface area contributed by atoms with Crippen molar-refractivity contribution in [1.29, 1.82) is 0 Å². The van der Waals surface area contributed by atoms with Gasteiger partial charge in [0, 0.05) is 25.2 Å². The van der Waals surface area contributed by atoms with E-state index in [0.29, 0.717) is 23.0 Å². The highest BCUT2D eigenvalue weighted by Gasteiger charge is 2.34. The Morgan fingerprint density at radius 3 is 2.77 bits per heavy atom. The number of H-pyrrole nitrogens is 1. The first-order valence-electron chi connectivity index (χ1n) is 9.09. The molecule has 1 aromatic heterocycles. The maximum Gasteiger partial charge on any atom is 0.227 e. The van der Waals surface area contributed by atoms with Gasteiger partial charge in [0.25, 0.3) is 0 Å². The third-order valence-corrected chi connectivity index (χ3v) is 6.07. The van der Waals surface area contributed by atoms with E-state index in [4.69, 9.17) is 23.2 Å². The van der Waals surface area contributed by atoms with E-state index < -0.39 is 0 Å². The number of amides is 1. The van der Waals surface area contributed by atoms with Crippen LogP contribution in [0.5, 0.6) is 0 Å². The smallest absolute Gasteiger partial charge is 0.227 e. The van der Waals surface area contributed by atoms with E-state index in [9.17, 15) is 4.79 Å². The van der Waals surface area contributed by atoms with Crippen molar-refractivity contribution in [2.24, 2.45) is 0 Å². The highest BCUT2D eigenvalue weighted by atomic mass is 35.5. The third-order valence-electron chi connectivity index (χ3n) is 5.34. The summed E-state index contributed by atoms with van der Waals surface area (Å²) in [7, 11) is 0. The van der Waals surface area contributed by atoms with Crippen LogP contribution in [0.4, 0.5) is 0 Å². The molecule has 7 heteroatoms. The highest BCUT2D eigenvalue weighted by Crippen LogP contribution is 2.30. The van der Waals surface area contributed by atoms with Crippen LogP contribution in [0.25, 0.3) is 0 Å². The van der Waals surface area contributed by atoms with Gasteiger partial charge in [0.15, 0.2) is 0 Å². The van der Waals surface area contributed by atoms with Gasteiger partial charge in [0.1, 0.15) is 0 Å². The molecule has 1 atom stereocenters. The van der Waals surface area contributed by atoms with Crippen molar-refractivity contribution >= 4 is 29.1 Å². The van der Waals surface area contributed by atoms with Crippen LogP contribution < -0.4 is 0 Å². The molecule has 26 heavy (non-hydrogen) atoms. The number of fused-ring (bicyclic) bond motifs is 1. The molecule has 0 bridgehead atoms. The molecular formula is C19H22Cl2N4O. The van der Waals surface area contributed by atoms with Crippen molar-refractivity contribution in [2.45, 2.75) is 31.7 Å². The second kappa shape index (κ2) is 7.59. The van der Waals surface area contributed by atoms with Gasteiger partial charge in [-0.25, -0.2) is 4.98 Å². The second-order valence-electron chi connectivity index (χ2n) is 7.05. The molecule has 1 fully saturated rings. The summed E-state index contributed by atoms with van der Waals surface area (Å²) in [5, 5.41) is 0.993. The number of hydrogen-bond acceptors (Lipinski definition) is 3. The molecule has 138 valence electrons. The number of rotatable bonds is 4. The minimum absolute atomic E-state index is 0.0124. The number of carbonyl (C=O) groups excluding carboxylic acids is 1. The number of nitrogens with one attached hydrogen (secondary N) is 1. The summed E-state index contributed by atoms with van der Waals surface area (Å²) >= 11 is 12.1.